The quantitative estimate of drug-likeness (QED) is 0.152. The Kier molecular flexibility index (Phi) is 7.97. The Morgan fingerprint density at radius 3 is 1.59 bits per heavy atom. The van der Waals surface area contributed by atoms with E-state index < -0.39 is 0 Å². The molecule has 276 valence electrons. The Labute approximate surface area is 350 Å². The molecule has 3 heteroatoms. The van der Waals surface area contributed by atoms with E-state index >= 15 is 0 Å². The number of benzene rings is 10. The van der Waals surface area contributed by atoms with E-state index in [2.05, 4.69) is 217 Å². The summed E-state index contributed by atoms with van der Waals surface area (Å²) in [6.45, 7) is 0. The summed E-state index contributed by atoms with van der Waals surface area (Å²) in [6.07, 6.45) is 0. The molecule has 0 aliphatic rings. The molecule has 0 radical (unpaired) electrons. The zero-order valence-electron chi connectivity index (χ0n) is 32.0. The molecule has 0 saturated heterocycles. The second-order valence-electron chi connectivity index (χ2n) is 15.2. The van der Waals surface area contributed by atoms with Crippen LogP contribution in [-0.4, -0.2) is 0 Å². The normalized spacial score (nSPS) is 11.7. The van der Waals surface area contributed by atoms with Gasteiger partial charge in [0.1, 0.15) is 0 Å². The zero-order chi connectivity index (χ0) is 38.9. The molecule has 1 nitrogen and oxygen atoms in total. The number of nitrogens with zero attached hydrogens (tertiary/aromatic N) is 1. The van der Waals surface area contributed by atoms with Crippen molar-refractivity contribution < 1.29 is 0 Å². The van der Waals surface area contributed by atoms with Crippen molar-refractivity contribution in [3.8, 4) is 33.4 Å². The van der Waals surface area contributed by atoms with Gasteiger partial charge in [-0.2, -0.15) is 0 Å². The van der Waals surface area contributed by atoms with Crippen molar-refractivity contribution in [2.24, 2.45) is 0 Å². The van der Waals surface area contributed by atoms with Crippen LogP contribution >= 0.6 is 22.7 Å². The molecule has 0 unspecified atom stereocenters. The summed E-state index contributed by atoms with van der Waals surface area (Å²) < 4.78 is 5.20. The SMILES string of the molecule is c1ccc(-c2ccc(-c3c(N(c4ccc(-c5cccc6sc7ccccc7c56)cc4)c4cccc5c4sc4ccccc45)c4ccccc4c4ccccc34)cc2)cc1. The third-order valence-electron chi connectivity index (χ3n) is 11.9. The first-order valence-corrected chi connectivity index (χ1v) is 21.7. The number of anilines is 3. The van der Waals surface area contributed by atoms with Gasteiger partial charge in [-0.15, -0.1) is 22.7 Å². The maximum Gasteiger partial charge on any atom is 0.0640 e. The van der Waals surface area contributed by atoms with Gasteiger partial charge in [0.2, 0.25) is 0 Å². The van der Waals surface area contributed by atoms with E-state index in [1.165, 1.54) is 107 Å². The van der Waals surface area contributed by atoms with E-state index in [-0.39, 0.29) is 0 Å². The van der Waals surface area contributed by atoms with Gasteiger partial charge < -0.3 is 4.90 Å². The lowest BCUT2D eigenvalue weighted by Crippen LogP contribution is -2.12. The van der Waals surface area contributed by atoms with Gasteiger partial charge in [0.05, 0.1) is 16.1 Å². The smallest absolute Gasteiger partial charge is 0.0640 e. The van der Waals surface area contributed by atoms with Gasteiger partial charge >= 0.3 is 0 Å². The molecular weight excluding hydrogens is 751 g/mol. The number of thiophene rings is 2. The fourth-order valence-electron chi connectivity index (χ4n) is 9.21. The van der Waals surface area contributed by atoms with Gasteiger partial charge in [-0.05, 0) is 80.4 Å². The van der Waals surface area contributed by atoms with E-state index in [9.17, 15) is 0 Å². The van der Waals surface area contributed by atoms with Crippen LogP contribution in [0.5, 0.6) is 0 Å². The molecule has 10 aromatic carbocycles. The molecule has 0 saturated carbocycles. The summed E-state index contributed by atoms with van der Waals surface area (Å²) in [5.74, 6) is 0. The first-order valence-electron chi connectivity index (χ1n) is 20.1. The van der Waals surface area contributed by atoms with Gasteiger partial charge in [-0.1, -0.05) is 176 Å². The molecule has 0 bridgehead atoms. The molecule has 12 rings (SSSR count). The topological polar surface area (TPSA) is 3.24 Å². The lowest BCUT2D eigenvalue weighted by atomic mass is 9.89. The van der Waals surface area contributed by atoms with E-state index in [1.54, 1.807) is 0 Å². The molecule has 0 fully saturated rings. The van der Waals surface area contributed by atoms with Crippen LogP contribution in [0.3, 0.4) is 0 Å². The summed E-state index contributed by atoms with van der Waals surface area (Å²) >= 11 is 3.75. The Hall–Kier alpha value is -7.04. The van der Waals surface area contributed by atoms with Crippen molar-refractivity contribution in [2.45, 2.75) is 0 Å². The molecule has 2 aromatic heterocycles. The first kappa shape index (κ1) is 34.0. The number of hydrogen-bond donors (Lipinski definition) is 0. The molecule has 0 spiro atoms. The fourth-order valence-corrected chi connectivity index (χ4v) is 11.5. The molecule has 0 N–H and O–H groups in total. The van der Waals surface area contributed by atoms with Crippen LogP contribution in [0.25, 0.3) is 95.3 Å². The van der Waals surface area contributed by atoms with Crippen molar-refractivity contribution in [3.05, 3.63) is 212 Å². The molecule has 2 heterocycles. The number of hydrogen-bond acceptors (Lipinski definition) is 3. The van der Waals surface area contributed by atoms with E-state index in [0.29, 0.717) is 0 Å². The summed E-state index contributed by atoms with van der Waals surface area (Å²) in [4.78, 5) is 2.55. The molecule has 12 aromatic rings. The maximum absolute atomic E-state index is 2.55. The molecular formula is C56H35NS2. The third kappa shape index (κ3) is 5.51. The van der Waals surface area contributed by atoms with Crippen molar-refractivity contribution in [1.29, 1.82) is 0 Å². The Morgan fingerprint density at radius 1 is 0.305 bits per heavy atom. The molecule has 59 heavy (non-hydrogen) atoms. The number of fused-ring (bicyclic) bond motifs is 9. The number of rotatable bonds is 6. The second kappa shape index (κ2) is 13.8. The molecule has 0 amide bonds. The minimum atomic E-state index is 1.11. The third-order valence-corrected chi connectivity index (χ3v) is 14.2. The largest absolute Gasteiger partial charge is 0.308 e. The van der Waals surface area contributed by atoms with E-state index in [1.807, 2.05) is 22.7 Å². The van der Waals surface area contributed by atoms with Crippen molar-refractivity contribution >= 4 is 102 Å². The average Bonchev–Trinajstić information content (AvgIpc) is 3.89. The minimum Gasteiger partial charge on any atom is -0.308 e. The Bertz CT molecular complexity index is 3540. The Balaban J connectivity index is 1.15. The van der Waals surface area contributed by atoms with Crippen LogP contribution < -0.4 is 4.90 Å². The molecule has 0 aliphatic carbocycles. The summed E-state index contributed by atoms with van der Waals surface area (Å²) in [7, 11) is 0. The fraction of sp³-hybridized carbons (Fsp3) is 0. The summed E-state index contributed by atoms with van der Waals surface area (Å²) in [6, 6.07) is 78.3. The molecule has 0 atom stereocenters. The highest BCUT2D eigenvalue weighted by Crippen LogP contribution is 2.52. The Morgan fingerprint density at radius 2 is 0.831 bits per heavy atom. The average molecular weight is 786 g/mol. The minimum absolute atomic E-state index is 1.11. The van der Waals surface area contributed by atoms with Gasteiger partial charge in [0, 0.05) is 52.3 Å². The second-order valence-corrected chi connectivity index (χ2v) is 17.3. The highest BCUT2D eigenvalue weighted by atomic mass is 32.1. The van der Waals surface area contributed by atoms with Crippen molar-refractivity contribution in [2.75, 3.05) is 4.90 Å². The van der Waals surface area contributed by atoms with Crippen LogP contribution in [0, 0.1) is 0 Å². The van der Waals surface area contributed by atoms with Crippen LogP contribution in [0.15, 0.2) is 212 Å². The molecule has 0 aliphatic heterocycles. The lowest BCUT2D eigenvalue weighted by Gasteiger charge is -2.31. The zero-order valence-corrected chi connectivity index (χ0v) is 33.6. The maximum atomic E-state index is 2.55. The predicted molar refractivity (Wildman–Crippen MR) is 258 cm³/mol. The van der Waals surface area contributed by atoms with Crippen LogP contribution in [-0.2, 0) is 0 Å². The van der Waals surface area contributed by atoms with Gasteiger partial charge in [-0.25, -0.2) is 0 Å². The van der Waals surface area contributed by atoms with E-state index in [0.717, 1.165) is 5.69 Å². The summed E-state index contributed by atoms with van der Waals surface area (Å²) in [5, 5.41) is 10.1. The highest BCUT2D eigenvalue weighted by molar-refractivity contribution is 7.26. The van der Waals surface area contributed by atoms with E-state index in [4.69, 9.17) is 0 Å². The highest BCUT2D eigenvalue weighted by Gasteiger charge is 2.26. The van der Waals surface area contributed by atoms with Crippen LogP contribution in [0.2, 0.25) is 0 Å². The summed E-state index contributed by atoms with van der Waals surface area (Å²) in [5.41, 5.74) is 10.8. The first-order chi connectivity index (χ1) is 29.3. The van der Waals surface area contributed by atoms with Gasteiger partial charge in [-0.3, -0.25) is 0 Å². The van der Waals surface area contributed by atoms with Crippen LogP contribution in [0.4, 0.5) is 17.1 Å². The van der Waals surface area contributed by atoms with Crippen molar-refractivity contribution in [1.82, 2.24) is 0 Å². The van der Waals surface area contributed by atoms with Crippen molar-refractivity contribution in [3.63, 3.8) is 0 Å². The van der Waals surface area contributed by atoms with Crippen LogP contribution in [0.1, 0.15) is 0 Å². The van der Waals surface area contributed by atoms with Gasteiger partial charge in [0.15, 0.2) is 0 Å². The van der Waals surface area contributed by atoms with Gasteiger partial charge in [0.25, 0.3) is 0 Å². The lowest BCUT2D eigenvalue weighted by molar-refractivity contribution is 1.32. The predicted octanol–water partition coefficient (Wildman–Crippen LogP) is 17.2. The monoisotopic (exact) mass is 785 g/mol. The standard InChI is InChI=1S/C56H35NS2/c1-2-14-36(15-3-1)37-28-30-39(31-29-37)53-45-19-6-4-16-42(45)43-17-5-7-20-46(43)55(53)57(49-24-12-23-47-44-18-8-10-25-50(44)59-56(47)49)40-34-32-38(33-35-40)41-22-13-27-52-54(41)48-21-9-11-26-51(48)58-52/h1-35H.